The van der Waals surface area contributed by atoms with E-state index in [0.717, 1.165) is 16.8 Å². The number of hydrogen-bond acceptors (Lipinski definition) is 6. The Morgan fingerprint density at radius 3 is 2.39 bits per heavy atom. The molecule has 0 aromatic heterocycles. The fourth-order valence-corrected chi connectivity index (χ4v) is 5.23. The second-order valence-corrected chi connectivity index (χ2v) is 10.4. The first-order valence-corrected chi connectivity index (χ1v) is 13.9. The Morgan fingerprint density at radius 1 is 0.951 bits per heavy atom. The lowest BCUT2D eigenvalue weighted by Gasteiger charge is -2.15. The Labute approximate surface area is 247 Å². The molecule has 5 rings (SSSR count). The van der Waals surface area contributed by atoms with Crippen LogP contribution < -0.4 is 14.8 Å². The van der Waals surface area contributed by atoms with Crippen molar-refractivity contribution in [2.45, 2.75) is 6.54 Å². The highest BCUT2D eigenvalue weighted by Crippen LogP contribution is 2.36. The van der Waals surface area contributed by atoms with Crippen LogP contribution in [0, 0.1) is 0 Å². The lowest BCUT2D eigenvalue weighted by molar-refractivity contribution is -0.122. The molecular formula is C32H26ClN3O4S. The molecule has 1 fully saturated rings. The number of rotatable bonds is 9. The van der Waals surface area contributed by atoms with Crippen LogP contribution in [0.1, 0.15) is 11.1 Å². The van der Waals surface area contributed by atoms with E-state index in [4.69, 9.17) is 26.1 Å². The van der Waals surface area contributed by atoms with Gasteiger partial charge in [-0.3, -0.25) is 14.5 Å². The number of ether oxygens (including phenoxy) is 2. The molecule has 206 valence electrons. The van der Waals surface area contributed by atoms with Crippen molar-refractivity contribution in [1.29, 1.82) is 0 Å². The smallest absolute Gasteiger partial charge is 0.267 e. The molecule has 0 bridgehead atoms. The fraction of sp³-hybridized carbons (Fsp3) is 0.0938. The third-order valence-electron chi connectivity index (χ3n) is 6.04. The van der Waals surface area contributed by atoms with Gasteiger partial charge in [0.15, 0.2) is 23.3 Å². The summed E-state index contributed by atoms with van der Waals surface area (Å²) in [7, 11) is 1.52. The van der Waals surface area contributed by atoms with Gasteiger partial charge in [0.2, 0.25) is 0 Å². The first-order valence-electron chi connectivity index (χ1n) is 12.7. The number of hydrogen-bond donors (Lipinski definition) is 1. The van der Waals surface area contributed by atoms with E-state index in [9.17, 15) is 9.59 Å². The molecule has 0 spiro atoms. The molecule has 0 atom stereocenters. The number of halogens is 1. The summed E-state index contributed by atoms with van der Waals surface area (Å²) in [5.74, 6) is 0.332. The van der Waals surface area contributed by atoms with Crippen molar-refractivity contribution in [3.63, 3.8) is 0 Å². The maximum Gasteiger partial charge on any atom is 0.267 e. The van der Waals surface area contributed by atoms with E-state index >= 15 is 0 Å². The van der Waals surface area contributed by atoms with Gasteiger partial charge in [0.05, 0.1) is 35.0 Å². The highest BCUT2D eigenvalue weighted by molar-refractivity contribution is 8.18. The van der Waals surface area contributed by atoms with Crippen molar-refractivity contribution in [2.24, 2.45) is 4.99 Å². The Balaban J connectivity index is 1.34. The molecule has 4 aromatic carbocycles. The molecule has 1 aliphatic rings. The molecule has 41 heavy (non-hydrogen) atoms. The number of nitrogens with one attached hydrogen (secondary N) is 1. The number of methoxy groups -OCH3 is 1. The highest BCUT2D eigenvalue weighted by Gasteiger charge is 2.33. The second kappa shape index (κ2) is 13.2. The number of benzene rings is 4. The lowest BCUT2D eigenvalue weighted by Crippen LogP contribution is -2.28. The number of carbonyl (C=O) groups excluding carboxylic acids is 2. The zero-order chi connectivity index (χ0) is 28.6. The zero-order valence-electron chi connectivity index (χ0n) is 22.1. The van der Waals surface area contributed by atoms with Crippen LogP contribution in [-0.4, -0.2) is 35.6 Å². The molecule has 0 radical (unpaired) electrons. The summed E-state index contributed by atoms with van der Waals surface area (Å²) >= 11 is 7.43. The van der Waals surface area contributed by atoms with Crippen LogP contribution in [0.5, 0.6) is 11.5 Å². The van der Waals surface area contributed by atoms with Crippen LogP contribution in [-0.2, 0) is 16.1 Å². The topological polar surface area (TPSA) is 80.2 Å². The first kappa shape index (κ1) is 28.0. The molecular weight excluding hydrogens is 558 g/mol. The zero-order valence-corrected chi connectivity index (χ0v) is 23.7. The van der Waals surface area contributed by atoms with Gasteiger partial charge in [0.1, 0.15) is 0 Å². The van der Waals surface area contributed by atoms with E-state index < -0.39 is 0 Å². The molecule has 1 saturated heterocycles. The van der Waals surface area contributed by atoms with Crippen LogP contribution in [0.4, 0.5) is 11.4 Å². The van der Waals surface area contributed by atoms with Gasteiger partial charge in [-0.05, 0) is 65.4 Å². The Kier molecular flexibility index (Phi) is 9.03. The molecule has 2 amide bonds. The Bertz CT molecular complexity index is 1610. The number of nitrogens with zero attached hydrogens (tertiary/aromatic N) is 2. The second-order valence-electron chi connectivity index (χ2n) is 8.94. The van der Waals surface area contributed by atoms with Gasteiger partial charge >= 0.3 is 0 Å². The highest BCUT2D eigenvalue weighted by atomic mass is 35.5. The number of thioether (sulfide) groups is 1. The minimum atomic E-state index is -0.358. The SMILES string of the molecule is COc1cc(/C=C2/SC(=Nc3ccccc3)N(Cc3ccccc3)C2=O)ccc1OCC(=O)Nc1ccccc1Cl. The number of aliphatic imine (C=N–C) groups is 1. The van der Waals surface area contributed by atoms with Crippen LogP contribution in [0.3, 0.4) is 0 Å². The summed E-state index contributed by atoms with van der Waals surface area (Å²) in [5, 5.41) is 3.77. The fourth-order valence-electron chi connectivity index (χ4n) is 4.05. The summed E-state index contributed by atoms with van der Waals surface area (Å²) in [4.78, 5) is 32.9. The van der Waals surface area contributed by atoms with Crippen molar-refractivity contribution in [3.8, 4) is 11.5 Å². The van der Waals surface area contributed by atoms with Crippen molar-refractivity contribution in [3.05, 3.63) is 124 Å². The average molecular weight is 584 g/mol. The van der Waals surface area contributed by atoms with Gasteiger partial charge < -0.3 is 14.8 Å². The predicted octanol–water partition coefficient (Wildman–Crippen LogP) is 7.17. The molecule has 0 unspecified atom stereocenters. The van der Waals surface area contributed by atoms with Crippen LogP contribution >= 0.6 is 23.4 Å². The number of carbonyl (C=O) groups is 2. The molecule has 7 nitrogen and oxygen atoms in total. The third kappa shape index (κ3) is 7.16. The van der Waals surface area contributed by atoms with Crippen molar-refractivity contribution < 1.29 is 19.1 Å². The van der Waals surface area contributed by atoms with Gasteiger partial charge in [0, 0.05) is 0 Å². The van der Waals surface area contributed by atoms with E-state index in [1.807, 2.05) is 60.7 Å². The average Bonchev–Trinajstić information content (AvgIpc) is 3.27. The van der Waals surface area contributed by atoms with E-state index in [1.165, 1.54) is 18.9 Å². The molecule has 9 heteroatoms. The van der Waals surface area contributed by atoms with Gasteiger partial charge in [-0.15, -0.1) is 0 Å². The standard InChI is InChI=1S/C32H26ClN3O4S/c1-39-28-18-23(16-17-27(28)40-21-30(37)35-26-15-9-8-14-25(26)33)19-29-31(38)36(20-22-10-4-2-5-11-22)32(41-29)34-24-12-6-3-7-13-24/h2-19H,20-21H2,1H3,(H,35,37)/b29-19+,34-32?. The van der Waals surface area contributed by atoms with Crippen molar-refractivity contribution in [2.75, 3.05) is 19.0 Å². The Morgan fingerprint density at radius 2 is 1.66 bits per heavy atom. The number of anilines is 1. The normalized spacial score (nSPS) is 14.9. The summed E-state index contributed by atoms with van der Waals surface area (Å²) in [6, 6.07) is 31.6. The van der Waals surface area contributed by atoms with E-state index in [1.54, 1.807) is 53.4 Å². The summed E-state index contributed by atoms with van der Waals surface area (Å²) in [5.41, 5.74) is 3.02. The minimum absolute atomic E-state index is 0.135. The number of amidine groups is 1. The maximum absolute atomic E-state index is 13.5. The maximum atomic E-state index is 13.5. The van der Waals surface area contributed by atoms with Gasteiger partial charge in [-0.25, -0.2) is 4.99 Å². The quantitative estimate of drug-likeness (QED) is 0.211. The monoisotopic (exact) mass is 583 g/mol. The van der Waals surface area contributed by atoms with E-state index in [0.29, 0.717) is 38.8 Å². The third-order valence-corrected chi connectivity index (χ3v) is 7.38. The van der Waals surface area contributed by atoms with Crippen molar-refractivity contribution >= 4 is 57.8 Å². The molecule has 1 heterocycles. The molecule has 1 aliphatic heterocycles. The summed E-state index contributed by atoms with van der Waals surface area (Å²) in [6.45, 7) is 0.173. The molecule has 0 saturated carbocycles. The Hall–Kier alpha value is -4.53. The minimum Gasteiger partial charge on any atom is -0.493 e. The van der Waals surface area contributed by atoms with Gasteiger partial charge in [-0.1, -0.05) is 78.3 Å². The molecule has 0 aliphatic carbocycles. The van der Waals surface area contributed by atoms with Gasteiger partial charge in [-0.2, -0.15) is 0 Å². The van der Waals surface area contributed by atoms with E-state index in [-0.39, 0.29) is 18.4 Å². The van der Waals surface area contributed by atoms with Gasteiger partial charge in [0.25, 0.3) is 11.8 Å². The van der Waals surface area contributed by atoms with E-state index in [2.05, 4.69) is 5.32 Å². The molecule has 4 aromatic rings. The summed E-state index contributed by atoms with van der Waals surface area (Å²) in [6.07, 6.45) is 1.80. The van der Waals surface area contributed by atoms with Crippen molar-refractivity contribution in [1.82, 2.24) is 4.90 Å². The lowest BCUT2D eigenvalue weighted by atomic mass is 10.1. The largest absolute Gasteiger partial charge is 0.493 e. The van der Waals surface area contributed by atoms with Crippen LogP contribution in [0.25, 0.3) is 6.08 Å². The number of para-hydroxylation sites is 2. The summed E-state index contributed by atoms with van der Waals surface area (Å²) < 4.78 is 11.2. The predicted molar refractivity (Wildman–Crippen MR) is 165 cm³/mol. The first-order chi connectivity index (χ1) is 20.0. The molecule has 1 N–H and O–H groups in total. The van der Waals surface area contributed by atoms with Crippen LogP contribution in [0.15, 0.2) is 113 Å². The number of amides is 2. The van der Waals surface area contributed by atoms with Crippen LogP contribution in [0.2, 0.25) is 5.02 Å².